The zero-order valence-electron chi connectivity index (χ0n) is 12.4. The molecule has 102 valence electrons. The van der Waals surface area contributed by atoms with E-state index in [4.69, 9.17) is 4.74 Å². The van der Waals surface area contributed by atoms with Crippen molar-refractivity contribution in [3.8, 4) is 0 Å². The molecule has 1 atom stereocenters. The second kappa shape index (κ2) is 6.91. The van der Waals surface area contributed by atoms with E-state index in [-0.39, 0.29) is 6.10 Å². The van der Waals surface area contributed by atoms with Crippen molar-refractivity contribution >= 4 is 0 Å². The predicted molar refractivity (Wildman–Crippen MR) is 77.9 cm³/mol. The van der Waals surface area contributed by atoms with Crippen molar-refractivity contribution in [1.82, 2.24) is 5.32 Å². The summed E-state index contributed by atoms with van der Waals surface area (Å²) in [5.41, 5.74) is 2.92. The summed E-state index contributed by atoms with van der Waals surface area (Å²) in [7, 11) is 1.97. The molecule has 0 radical (unpaired) electrons. The van der Waals surface area contributed by atoms with Crippen LogP contribution in [0.1, 0.15) is 44.4 Å². The van der Waals surface area contributed by atoms with E-state index in [2.05, 4.69) is 57.3 Å². The van der Waals surface area contributed by atoms with Gasteiger partial charge in [-0.2, -0.15) is 0 Å². The Labute approximate surface area is 112 Å². The Morgan fingerprint density at radius 3 is 2.44 bits per heavy atom. The van der Waals surface area contributed by atoms with Crippen molar-refractivity contribution in [2.75, 3.05) is 20.2 Å². The van der Waals surface area contributed by atoms with Crippen molar-refractivity contribution in [3.63, 3.8) is 0 Å². The van der Waals surface area contributed by atoms with Crippen LogP contribution in [0.5, 0.6) is 0 Å². The SMILES string of the molecule is CNCC(OCCC(C)(C)C)c1ccccc1C. The summed E-state index contributed by atoms with van der Waals surface area (Å²) in [5, 5.41) is 3.22. The van der Waals surface area contributed by atoms with Crippen LogP contribution in [0.25, 0.3) is 0 Å². The van der Waals surface area contributed by atoms with Crippen molar-refractivity contribution in [3.05, 3.63) is 35.4 Å². The van der Waals surface area contributed by atoms with E-state index in [0.717, 1.165) is 19.6 Å². The quantitative estimate of drug-likeness (QED) is 0.830. The van der Waals surface area contributed by atoms with Crippen LogP contribution in [-0.2, 0) is 4.74 Å². The molecule has 0 fully saturated rings. The first-order valence-corrected chi connectivity index (χ1v) is 6.76. The van der Waals surface area contributed by atoms with Crippen LogP contribution < -0.4 is 5.32 Å². The molecular formula is C16H27NO. The molecule has 1 rings (SSSR count). The lowest BCUT2D eigenvalue weighted by Gasteiger charge is -2.23. The van der Waals surface area contributed by atoms with E-state index in [0.29, 0.717) is 5.41 Å². The first kappa shape index (κ1) is 15.2. The monoisotopic (exact) mass is 249 g/mol. The Kier molecular flexibility index (Phi) is 5.83. The second-order valence-electron chi connectivity index (χ2n) is 6.08. The van der Waals surface area contributed by atoms with Crippen molar-refractivity contribution in [2.45, 2.75) is 40.2 Å². The average Bonchev–Trinajstić information content (AvgIpc) is 2.27. The summed E-state index contributed by atoms with van der Waals surface area (Å²) in [6.45, 7) is 10.6. The highest BCUT2D eigenvalue weighted by Gasteiger charge is 2.15. The highest BCUT2D eigenvalue weighted by Crippen LogP contribution is 2.23. The Bertz CT molecular complexity index is 354. The molecule has 0 aromatic heterocycles. The molecule has 2 nitrogen and oxygen atoms in total. The maximum atomic E-state index is 6.06. The summed E-state index contributed by atoms with van der Waals surface area (Å²) in [4.78, 5) is 0. The molecule has 18 heavy (non-hydrogen) atoms. The van der Waals surface area contributed by atoms with E-state index in [1.807, 2.05) is 7.05 Å². The number of benzene rings is 1. The van der Waals surface area contributed by atoms with Gasteiger partial charge in [0.2, 0.25) is 0 Å². The first-order valence-electron chi connectivity index (χ1n) is 6.76. The molecule has 0 amide bonds. The minimum absolute atomic E-state index is 0.151. The smallest absolute Gasteiger partial charge is 0.0951 e. The lowest BCUT2D eigenvalue weighted by Crippen LogP contribution is -2.22. The predicted octanol–water partition coefficient (Wildman–Crippen LogP) is 3.71. The van der Waals surface area contributed by atoms with Gasteiger partial charge in [-0.3, -0.25) is 0 Å². The van der Waals surface area contributed by atoms with Crippen LogP contribution in [-0.4, -0.2) is 20.2 Å². The Morgan fingerprint density at radius 1 is 1.22 bits per heavy atom. The third kappa shape index (κ3) is 5.19. The first-order chi connectivity index (χ1) is 8.44. The molecule has 1 unspecified atom stereocenters. The van der Waals surface area contributed by atoms with E-state index >= 15 is 0 Å². The van der Waals surface area contributed by atoms with E-state index in [9.17, 15) is 0 Å². The fourth-order valence-corrected chi connectivity index (χ4v) is 1.90. The standard InChI is InChI=1S/C16H27NO/c1-13-8-6-7-9-14(13)15(12-17-5)18-11-10-16(2,3)4/h6-9,15,17H,10-12H2,1-5H3. The molecule has 0 aliphatic rings. The fraction of sp³-hybridized carbons (Fsp3) is 0.625. The molecule has 1 aromatic carbocycles. The Hall–Kier alpha value is -0.860. The molecule has 0 aliphatic heterocycles. The molecule has 0 heterocycles. The maximum Gasteiger partial charge on any atom is 0.0951 e. The minimum atomic E-state index is 0.151. The normalized spacial score (nSPS) is 13.6. The van der Waals surface area contributed by atoms with Gasteiger partial charge in [0.05, 0.1) is 6.10 Å². The summed E-state index contributed by atoms with van der Waals surface area (Å²) >= 11 is 0. The number of hydrogen-bond donors (Lipinski definition) is 1. The van der Waals surface area contributed by atoms with E-state index < -0.39 is 0 Å². The third-order valence-electron chi connectivity index (χ3n) is 3.10. The topological polar surface area (TPSA) is 21.3 Å². The summed E-state index contributed by atoms with van der Waals surface area (Å²) in [5.74, 6) is 0. The number of ether oxygens (including phenoxy) is 1. The van der Waals surface area contributed by atoms with Crippen LogP contribution in [0.4, 0.5) is 0 Å². The lowest BCUT2D eigenvalue weighted by atomic mass is 9.93. The molecule has 0 bridgehead atoms. The zero-order valence-corrected chi connectivity index (χ0v) is 12.4. The van der Waals surface area contributed by atoms with Crippen LogP contribution in [0.2, 0.25) is 0 Å². The summed E-state index contributed by atoms with van der Waals surface area (Å²) in [6, 6.07) is 8.46. The second-order valence-corrected chi connectivity index (χ2v) is 6.08. The van der Waals surface area contributed by atoms with Crippen molar-refractivity contribution < 1.29 is 4.74 Å². The van der Waals surface area contributed by atoms with Crippen molar-refractivity contribution in [1.29, 1.82) is 0 Å². The minimum Gasteiger partial charge on any atom is -0.372 e. The highest BCUT2D eigenvalue weighted by molar-refractivity contribution is 5.28. The molecule has 0 saturated heterocycles. The largest absolute Gasteiger partial charge is 0.372 e. The molecule has 0 saturated carbocycles. The molecule has 0 aliphatic carbocycles. The van der Waals surface area contributed by atoms with Gasteiger partial charge in [-0.25, -0.2) is 0 Å². The van der Waals surface area contributed by atoms with Crippen LogP contribution >= 0.6 is 0 Å². The van der Waals surface area contributed by atoms with Gasteiger partial charge >= 0.3 is 0 Å². The van der Waals surface area contributed by atoms with Gasteiger partial charge in [-0.05, 0) is 36.9 Å². The van der Waals surface area contributed by atoms with Crippen LogP contribution in [0.15, 0.2) is 24.3 Å². The Balaban J connectivity index is 2.63. The molecule has 1 N–H and O–H groups in total. The zero-order chi connectivity index (χ0) is 13.6. The Morgan fingerprint density at radius 2 is 1.89 bits per heavy atom. The van der Waals surface area contributed by atoms with Gasteiger partial charge in [-0.15, -0.1) is 0 Å². The van der Waals surface area contributed by atoms with Gasteiger partial charge < -0.3 is 10.1 Å². The number of aryl methyl sites for hydroxylation is 1. The third-order valence-corrected chi connectivity index (χ3v) is 3.10. The summed E-state index contributed by atoms with van der Waals surface area (Å²) < 4.78 is 6.06. The average molecular weight is 249 g/mol. The van der Waals surface area contributed by atoms with Crippen molar-refractivity contribution in [2.24, 2.45) is 5.41 Å². The van der Waals surface area contributed by atoms with E-state index in [1.54, 1.807) is 0 Å². The fourth-order valence-electron chi connectivity index (χ4n) is 1.90. The van der Waals surface area contributed by atoms with Gasteiger partial charge in [0, 0.05) is 13.2 Å². The van der Waals surface area contributed by atoms with Crippen LogP contribution in [0, 0.1) is 12.3 Å². The number of rotatable bonds is 6. The summed E-state index contributed by atoms with van der Waals surface area (Å²) in [6.07, 6.45) is 1.23. The maximum absolute atomic E-state index is 6.06. The molecule has 1 aromatic rings. The van der Waals surface area contributed by atoms with Gasteiger partial charge in [0.1, 0.15) is 0 Å². The van der Waals surface area contributed by atoms with Gasteiger partial charge in [-0.1, -0.05) is 45.0 Å². The number of nitrogens with one attached hydrogen (secondary N) is 1. The molecule has 2 heteroatoms. The van der Waals surface area contributed by atoms with Crippen LogP contribution in [0.3, 0.4) is 0 Å². The van der Waals surface area contributed by atoms with Gasteiger partial charge in [0.15, 0.2) is 0 Å². The lowest BCUT2D eigenvalue weighted by molar-refractivity contribution is 0.0377. The molecular weight excluding hydrogens is 222 g/mol. The van der Waals surface area contributed by atoms with Gasteiger partial charge in [0.25, 0.3) is 0 Å². The number of likely N-dealkylation sites (N-methyl/N-ethyl adjacent to an activating group) is 1. The molecule has 0 spiro atoms. The highest BCUT2D eigenvalue weighted by atomic mass is 16.5. The van der Waals surface area contributed by atoms with E-state index in [1.165, 1.54) is 11.1 Å². The number of hydrogen-bond acceptors (Lipinski definition) is 2.